The molecular weight excluding hydrogens is 264 g/mol. The van der Waals surface area contributed by atoms with Gasteiger partial charge in [-0.15, -0.1) is 0 Å². The van der Waals surface area contributed by atoms with Crippen LogP contribution in [0, 0.1) is 0 Å². The summed E-state index contributed by atoms with van der Waals surface area (Å²) in [5, 5.41) is 11.7. The zero-order valence-corrected chi connectivity index (χ0v) is 12.6. The van der Waals surface area contributed by atoms with E-state index in [0.717, 1.165) is 0 Å². The number of carbonyl (C=O) groups excluding carboxylic acids is 2. The third kappa shape index (κ3) is 5.46. The van der Waals surface area contributed by atoms with Crippen LogP contribution in [-0.2, 0) is 14.3 Å². The molecule has 0 aliphatic carbocycles. The van der Waals surface area contributed by atoms with Gasteiger partial charge < -0.3 is 20.1 Å². The first-order chi connectivity index (χ1) is 9.27. The summed E-state index contributed by atoms with van der Waals surface area (Å²) in [4.78, 5) is 35.4. The molecule has 7 heteroatoms. The number of esters is 1. The minimum absolute atomic E-state index is 0.225. The normalized spacial score (nSPS) is 10.8. The molecule has 0 aromatic heterocycles. The Bertz CT molecular complexity index is 355. The van der Waals surface area contributed by atoms with E-state index in [-0.39, 0.29) is 18.9 Å². The molecule has 0 bridgehead atoms. The summed E-state index contributed by atoms with van der Waals surface area (Å²) < 4.78 is 4.76. The number of carboxylic acids is 1. The lowest BCUT2D eigenvalue weighted by atomic mass is 10.0. The maximum atomic E-state index is 11.9. The van der Waals surface area contributed by atoms with Gasteiger partial charge in [0.2, 0.25) is 0 Å². The number of hydrogen-bond acceptors (Lipinski definition) is 4. The summed E-state index contributed by atoms with van der Waals surface area (Å²) in [5.74, 6) is -1.37. The summed E-state index contributed by atoms with van der Waals surface area (Å²) in [6.07, 6.45) is 0.679. The van der Waals surface area contributed by atoms with Gasteiger partial charge in [-0.05, 0) is 34.1 Å². The molecule has 0 spiro atoms. The molecule has 2 N–H and O–H groups in total. The number of likely N-dealkylation sites (N-methyl/N-ethyl adjacent to an activating group) is 1. The van der Waals surface area contributed by atoms with Crippen LogP contribution in [0.25, 0.3) is 0 Å². The van der Waals surface area contributed by atoms with E-state index in [9.17, 15) is 14.4 Å². The van der Waals surface area contributed by atoms with Crippen LogP contribution < -0.4 is 5.32 Å². The second-order valence-electron chi connectivity index (χ2n) is 4.75. The van der Waals surface area contributed by atoms with Crippen molar-refractivity contribution in [2.24, 2.45) is 0 Å². The molecule has 0 aliphatic heterocycles. The van der Waals surface area contributed by atoms with Crippen LogP contribution >= 0.6 is 0 Å². The number of carbonyl (C=O) groups is 3. The van der Waals surface area contributed by atoms with Gasteiger partial charge in [0.1, 0.15) is 5.54 Å². The summed E-state index contributed by atoms with van der Waals surface area (Å²) in [7, 11) is 0. The van der Waals surface area contributed by atoms with Crippen LogP contribution in [0.5, 0.6) is 0 Å². The summed E-state index contributed by atoms with van der Waals surface area (Å²) >= 11 is 0. The summed E-state index contributed by atoms with van der Waals surface area (Å²) in [6.45, 7) is 7.29. The molecule has 20 heavy (non-hydrogen) atoms. The Morgan fingerprint density at radius 2 is 1.85 bits per heavy atom. The average molecular weight is 288 g/mol. The van der Waals surface area contributed by atoms with E-state index in [1.165, 1.54) is 18.7 Å². The molecule has 0 atom stereocenters. The van der Waals surface area contributed by atoms with Crippen molar-refractivity contribution in [3.05, 3.63) is 0 Å². The molecule has 0 heterocycles. The van der Waals surface area contributed by atoms with Gasteiger partial charge in [-0.25, -0.2) is 9.59 Å². The fourth-order valence-corrected chi connectivity index (χ4v) is 1.66. The quantitative estimate of drug-likeness (QED) is 0.517. The lowest BCUT2D eigenvalue weighted by Crippen LogP contribution is -2.56. The monoisotopic (exact) mass is 288 g/mol. The smallest absolute Gasteiger partial charge is 0.329 e. The number of hydrogen-bond donors (Lipinski definition) is 2. The van der Waals surface area contributed by atoms with Crippen LogP contribution in [0.15, 0.2) is 0 Å². The van der Waals surface area contributed by atoms with Gasteiger partial charge in [-0.3, -0.25) is 4.79 Å². The predicted molar refractivity (Wildman–Crippen MR) is 73.4 cm³/mol. The Hall–Kier alpha value is -1.79. The Balaban J connectivity index is 4.25. The van der Waals surface area contributed by atoms with Crippen LogP contribution in [0.1, 0.15) is 40.5 Å². The second-order valence-corrected chi connectivity index (χ2v) is 4.75. The third-order valence-electron chi connectivity index (χ3n) is 2.90. The Kier molecular flexibility index (Phi) is 7.64. The van der Waals surface area contributed by atoms with E-state index >= 15 is 0 Å². The highest BCUT2D eigenvalue weighted by Gasteiger charge is 2.36. The van der Waals surface area contributed by atoms with Crippen molar-refractivity contribution in [2.45, 2.75) is 46.1 Å². The van der Waals surface area contributed by atoms with Gasteiger partial charge in [0.05, 0.1) is 6.61 Å². The lowest BCUT2D eigenvalue weighted by Gasteiger charge is -2.34. The molecule has 116 valence electrons. The van der Waals surface area contributed by atoms with Gasteiger partial charge in [0.15, 0.2) is 0 Å². The number of ether oxygens (including phenoxy) is 1. The minimum atomic E-state index is -1.28. The van der Waals surface area contributed by atoms with E-state index in [1.807, 2.05) is 0 Å². The highest BCUT2D eigenvalue weighted by Crippen LogP contribution is 2.14. The SMILES string of the molecule is CCOC(=O)CCCNC(=O)N(CC)C(C)(C)C(=O)O. The number of carboxylic acid groups (broad SMARTS) is 1. The van der Waals surface area contributed by atoms with Gasteiger partial charge in [-0.2, -0.15) is 0 Å². The Labute approximate surface area is 119 Å². The van der Waals surface area contributed by atoms with Crippen molar-refractivity contribution in [2.75, 3.05) is 19.7 Å². The zero-order chi connectivity index (χ0) is 15.8. The van der Waals surface area contributed by atoms with Gasteiger partial charge in [-0.1, -0.05) is 0 Å². The van der Waals surface area contributed by atoms with Gasteiger partial charge in [0, 0.05) is 19.5 Å². The molecule has 0 radical (unpaired) electrons. The fourth-order valence-electron chi connectivity index (χ4n) is 1.66. The first-order valence-corrected chi connectivity index (χ1v) is 6.71. The predicted octanol–water partition coefficient (Wildman–Crippen LogP) is 1.22. The van der Waals surface area contributed by atoms with Crippen molar-refractivity contribution in [1.29, 1.82) is 0 Å². The Morgan fingerprint density at radius 1 is 1.25 bits per heavy atom. The molecule has 7 nitrogen and oxygen atoms in total. The van der Waals surface area contributed by atoms with Crippen LogP contribution in [0.2, 0.25) is 0 Å². The Morgan fingerprint density at radius 3 is 2.30 bits per heavy atom. The lowest BCUT2D eigenvalue weighted by molar-refractivity contribution is -0.147. The molecular formula is C13H24N2O5. The molecule has 0 saturated carbocycles. The summed E-state index contributed by atoms with van der Waals surface area (Å²) in [6, 6.07) is -0.455. The van der Waals surface area contributed by atoms with E-state index in [4.69, 9.17) is 9.84 Å². The number of urea groups is 1. The topological polar surface area (TPSA) is 95.9 Å². The number of aliphatic carboxylic acids is 1. The third-order valence-corrected chi connectivity index (χ3v) is 2.90. The highest BCUT2D eigenvalue weighted by atomic mass is 16.5. The van der Waals surface area contributed by atoms with Gasteiger partial charge >= 0.3 is 18.0 Å². The molecule has 0 unspecified atom stereocenters. The standard InChI is InChI=1S/C13H24N2O5/c1-5-15(13(3,4)11(17)18)12(19)14-9-7-8-10(16)20-6-2/h5-9H2,1-4H3,(H,14,19)(H,17,18). The number of amides is 2. The van der Waals surface area contributed by atoms with Gasteiger partial charge in [0.25, 0.3) is 0 Å². The molecule has 0 fully saturated rings. The van der Waals surface area contributed by atoms with E-state index < -0.39 is 17.5 Å². The largest absolute Gasteiger partial charge is 0.480 e. The molecule has 0 rings (SSSR count). The van der Waals surface area contributed by atoms with E-state index in [1.54, 1.807) is 13.8 Å². The average Bonchev–Trinajstić information content (AvgIpc) is 2.35. The van der Waals surface area contributed by atoms with Crippen molar-refractivity contribution < 1.29 is 24.2 Å². The van der Waals surface area contributed by atoms with Crippen LogP contribution in [-0.4, -0.2) is 53.2 Å². The highest BCUT2D eigenvalue weighted by molar-refractivity contribution is 5.85. The first-order valence-electron chi connectivity index (χ1n) is 6.71. The van der Waals surface area contributed by atoms with Crippen molar-refractivity contribution in [1.82, 2.24) is 10.2 Å². The van der Waals surface area contributed by atoms with E-state index in [2.05, 4.69) is 5.32 Å². The minimum Gasteiger partial charge on any atom is -0.480 e. The maximum Gasteiger partial charge on any atom is 0.329 e. The maximum absolute atomic E-state index is 11.9. The molecule has 0 aromatic carbocycles. The first kappa shape index (κ1) is 18.2. The van der Waals surface area contributed by atoms with Crippen molar-refractivity contribution >= 4 is 18.0 Å². The molecule has 2 amide bonds. The molecule has 0 aliphatic rings. The van der Waals surface area contributed by atoms with Crippen molar-refractivity contribution in [3.63, 3.8) is 0 Å². The van der Waals surface area contributed by atoms with Crippen molar-refractivity contribution in [3.8, 4) is 0 Å². The number of nitrogens with one attached hydrogen (secondary N) is 1. The van der Waals surface area contributed by atoms with Crippen LogP contribution in [0.3, 0.4) is 0 Å². The number of rotatable bonds is 8. The molecule has 0 aromatic rings. The number of nitrogens with zero attached hydrogens (tertiary/aromatic N) is 1. The molecule has 0 saturated heterocycles. The van der Waals surface area contributed by atoms with Crippen LogP contribution in [0.4, 0.5) is 4.79 Å². The van der Waals surface area contributed by atoms with E-state index in [0.29, 0.717) is 19.6 Å². The zero-order valence-electron chi connectivity index (χ0n) is 12.6. The summed E-state index contributed by atoms with van der Waals surface area (Å²) in [5.41, 5.74) is -1.28. The second kappa shape index (κ2) is 8.39. The fraction of sp³-hybridized carbons (Fsp3) is 0.769.